The van der Waals surface area contributed by atoms with E-state index >= 15 is 0 Å². The number of hydrogen-bond acceptors (Lipinski definition) is 4. The van der Waals surface area contributed by atoms with E-state index in [0.717, 1.165) is 35.2 Å². The molecule has 25 heavy (non-hydrogen) atoms. The Morgan fingerprint density at radius 2 is 1.84 bits per heavy atom. The summed E-state index contributed by atoms with van der Waals surface area (Å²) < 4.78 is 0. The van der Waals surface area contributed by atoms with Gasteiger partial charge in [0.05, 0.1) is 0 Å². The fourth-order valence-electron chi connectivity index (χ4n) is 2.58. The molecule has 0 aliphatic heterocycles. The van der Waals surface area contributed by atoms with Gasteiger partial charge in [0, 0.05) is 30.0 Å². The number of anilines is 3. The fourth-order valence-corrected chi connectivity index (χ4v) is 2.75. The molecule has 1 aromatic heterocycles. The molecule has 0 atom stereocenters. The molecule has 1 heterocycles. The first-order valence-corrected chi connectivity index (χ1v) is 8.69. The molecule has 3 aromatic rings. The van der Waals surface area contributed by atoms with Gasteiger partial charge in [0.25, 0.3) is 0 Å². The largest absolute Gasteiger partial charge is 0.340 e. The van der Waals surface area contributed by atoms with Crippen LogP contribution in [0, 0.1) is 6.92 Å². The second kappa shape index (κ2) is 7.99. The minimum atomic E-state index is 0.705. The standard InChI is InChI=1S/C20H21ClN4/c1-3-25(14-16-8-5-4-6-9-16)20-22-13-12-19(24-20)23-18-11-7-10-17(21)15(18)2/h4-13H,3,14H2,1-2H3,(H,22,23,24). The first kappa shape index (κ1) is 17.2. The van der Waals surface area contributed by atoms with Crippen LogP contribution in [0.3, 0.4) is 0 Å². The molecule has 0 spiro atoms. The lowest BCUT2D eigenvalue weighted by Crippen LogP contribution is -2.24. The average Bonchev–Trinajstić information content (AvgIpc) is 2.64. The molecule has 0 radical (unpaired) electrons. The van der Waals surface area contributed by atoms with Gasteiger partial charge >= 0.3 is 0 Å². The molecule has 0 bridgehead atoms. The van der Waals surface area contributed by atoms with Crippen molar-refractivity contribution in [1.29, 1.82) is 0 Å². The van der Waals surface area contributed by atoms with Crippen LogP contribution in [0.4, 0.5) is 17.5 Å². The SMILES string of the molecule is CCN(Cc1ccccc1)c1nccc(Nc2cccc(Cl)c2C)n1. The van der Waals surface area contributed by atoms with Gasteiger partial charge in [0.1, 0.15) is 5.82 Å². The molecule has 0 fully saturated rings. The molecule has 2 aromatic carbocycles. The number of benzene rings is 2. The van der Waals surface area contributed by atoms with Crippen molar-refractivity contribution in [2.24, 2.45) is 0 Å². The summed E-state index contributed by atoms with van der Waals surface area (Å²) in [6, 6.07) is 18.0. The van der Waals surface area contributed by atoms with Crippen LogP contribution in [0.2, 0.25) is 5.02 Å². The molecule has 0 unspecified atom stereocenters. The molecule has 4 nitrogen and oxygen atoms in total. The molecule has 0 aliphatic carbocycles. The zero-order valence-corrected chi connectivity index (χ0v) is 15.2. The molecule has 128 valence electrons. The number of rotatable bonds is 6. The second-order valence-corrected chi connectivity index (χ2v) is 6.19. The summed E-state index contributed by atoms with van der Waals surface area (Å²) in [4.78, 5) is 11.2. The van der Waals surface area contributed by atoms with Crippen LogP contribution in [0.15, 0.2) is 60.8 Å². The Morgan fingerprint density at radius 1 is 1.04 bits per heavy atom. The third-order valence-corrected chi connectivity index (χ3v) is 4.46. The summed E-state index contributed by atoms with van der Waals surface area (Å²) in [5.74, 6) is 1.46. The Morgan fingerprint density at radius 3 is 2.60 bits per heavy atom. The van der Waals surface area contributed by atoms with E-state index in [0.29, 0.717) is 5.95 Å². The number of hydrogen-bond donors (Lipinski definition) is 1. The summed E-state index contributed by atoms with van der Waals surface area (Å²) >= 11 is 6.19. The van der Waals surface area contributed by atoms with Crippen LogP contribution < -0.4 is 10.2 Å². The van der Waals surface area contributed by atoms with E-state index in [2.05, 4.69) is 39.2 Å². The number of nitrogens with one attached hydrogen (secondary N) is 1. The molecule has 5 heteroatoms. The molecule has 0 saturated heterocycles. The number of aromatic nitrogens is 2. The van der Waals surface area contributed by atoms with Crippen LogP contribution in [0.5, 0.6) is 0 Å². The Labute approximate surface area is 153 Å². The monoisotopic (exact) mass is 352 g/mol. The fraction of sp³-hybridized carbons (Fsp3) is 0.200. The highest BCUT2D eigenvalue weighted by Crippen LogP contribution is 2.26. The first-order valence-electron chi connectivity index (χ1n) is 8.31. The second-order valence-electron chi connectivity index (χ2n) is 5.78. The van der Waals surface area contributed by atoms with Crippen molar-refractivity contribution in [3.8, 4) is 0 Å². The molecule has 0 aliphatic rings. The van der Waals surface area contributed by atoms with Crippen molar-refractivity contribution in [3.63, 3.8) is 0 Å². The van der Waals surface area contributed by atoms with Gasteiger partial charge in [0.15, 0.2) is 0 Å². The molecular weight excluding hydrogens is 332 g/mol. The van der Waals surface area contributed by atoms with E-state index < -0.39 is 0 Å². The minimum absolute atomic E-state index is 0.705. The van der Waals surface area contributed by atoms with E-state index in [1.54, 1.807) is 6.20 Å². The van der Waals surface area contributed by atoms with Crippen LogP contribution >= 0.6 is 11.6 Å². The van der Waals surface area contributed by atoms with E-state index in [1.165, 1.54) is 5.56 Å². The van der Waals surface area contributed by atoms with Crippen molar-refractivity contribution in [2.45, 2.75) is 20.4 Å². The van der Waals surface area contributed by atoms with Gasteiger partial charge in [-0.25, -0.2) is 4.98 Å². The first-order chi connectivity index (χ1) is 12.2. The highest BCUT2D eigenvalue weighted by molar-refractivity contribution is 6.31. The topological polar surface area (TPSA) is 41.1 Å². The quantitative estimate of drug-likeness (QED) is 0.661. The highest BCUT2D eigenvalue weighted by atomic mass is 35.5. The average molecular weight is 353 g/mol. The maximum atomic E-state index is 6.19. The predicted molar refractivity (Wildman–Crippen MR) is 105 cm³/mol. The molecule has 0 saturated carbocycles. The van der Waals surface area contributed by atoms with E-state index in [1.807, 2.05) is 49.4 Å². The summed E-state index contributed by atoms with van der Waals surface area (Å²) in [7, 11) is 0. The van der Waals surface area contributed by atoms with Crippen LogP contribution in [-0.2, 0) is 6.54 Å². The van der Waals surface area contributed by atoms with Gasteiger partial charge in [-0.05, 0) is 43.2 Å². The third kappa shape index (κ3) is 4.28. The van der Waals surface area contributed by atoms with E-state index in [9.17, 15) is 0 Å². The normalized spacial score (nSPS) is 10.5. The smallest absolute Gasteiger partial charge is 0.227 e. The Balaban J connectivity index is 1.81. The zero-order chi connectivity index (χ0) is 17.6. The Kier molecular flexibility index (Phi) is 5.51. The Bertz CT molecular complexity index is 836. The number of halogens is 1. The van der Waals surface area contributed by atoms with Crippen LogP contribution in [0.25, 0.3) is 0 Å². The maximum Gasteiger partial charge on any atom is 0.227 e. The Hall–Kier alpha value is -2.59. The van der Waals surface area contributed by atoms with E-state index in [-0.39, 0.29) is 0 Å². The van der Waals surface area contributed by atoms with Crippen molar-refractivity contribution in [1.82, 2.24) is 9.97 Å². The van der Waals surface area contributed by atoms with Crippen molar-refractivity contribution < 1.29 is 0 Å². The summed E-state index contributed by atoms with van der Waals surface area (Å²) in [6.45, 7) is 5.69. The predicted octanol–water partition coefficient (Wildman–Crippen LogP) is 5.21. The van der Waals surface area contributed by atoms with Crippen LogP contribution in [-0.4, -0.2) is 16.5 Å². The molecule has 0 amide bonds. The van der Waals surface area contributed by atoms with Crippen molar-refractivity contribution >= 4 is 29.1 Å². The lowest BCUT2D eigenvalue weighted by Gasteiger charge is -2.21. The molecule has 3 rings (SSSR count). The van der Waals surface area contributed by atoms with Crippen molar-refractivity contribution in [3.05, 3.63) is 76.9 Å². The van der Waals surface area contributed by atoms with Gasteiger partial charge in [-0.3, -0.25) is 0 Å². The third-order valence-electron chi connectivity index (χ3n) is 4.05. The van der Waals surface area contributed by atoms with Gasteiger partial charge in [-0.15, -0.1) is 0 Å². The van der Waals surface area contributed by atoms with Gasteiger partial charge < -0.3 is 10.2 Å². The highest BCUT2D eigenvalue weighted by Gasteiger charge is 2.10. The lowest BCUT2D eigenvalue weighted by molar-refractivity contribution is 0.792. The van der Waals surface area contributed by atoms with Gasteiger partial charge in [0.2, 0.25) is 5.95 Å². The molecular formula is C20H21ClN4. The minimum Gasteiger partial charge on any atom is -0.340 e. The van der Waals surface area contributed by atoms with E-state index in [4.69, 9.17) is 11.6 Å². The maximum absolute atomic E-state index is 6.19. The zero-order valence-electron chi connectivity index (χ0n) is 14.4. The lowest BCUT2D eigenvalue weighted by atomic mass is 10.2. The van der Waals surface area contributed by atoms with Crippen LogP contribution in [0.1, 0.15) is 18.1 Å². The van der Waals surface area contributed by atoms with Gasteiger partial charge in [-0.2, -0.15) is 4.98 Å². The van der Waals surface area contributed by atoms with Gasteiger partial charge in [-0.1, -0.05) is 48.0 Å². The number of nitrogens with zero attached hydrogens (tertiary/aromatic N) is 3. The summed E-state index contributed by atoms with van der Waals surface area (Å²) in [6.07, 6.45) is 1.78. The van der Waals surface area contributed by atoms with Crippen molar-refractivity contribution in [2.75, 3.05) is 16.8 Å². The summed E-state index contributed by atoms with van der Waals surface area (Å²) in [5.41, 5.74) is 3.18. The molecule has 1 N–H and O–H groups in total. The summed E-state index contributed by atoms with van der Waals surface area (Å²) in [5, 5.41) is 4.07.